The zero-order valence-corrected chi connectivity index (χ0v) is 11.7. The number of carbonyl (C=O) groups is 1. The van der Waals surface area contributed by atoms with Crippen molar-refractivity contribution in [3.63, 3.8) is 0 Å². The summed E-state index contributed by atoms with van der Waals surface area (Å²) in [5, 5.41) is 16.9. The van der Waals surface area contributed by atoms with Gasteiger partial charge in [0.25, 0.3) is 0 Å². The van der Waals surface area contributed by atoms with Crippen molar-refractivity contribution in [2.24, 2.45) is 0 Å². The number of unbranched alkanes of at least 4 members (excludes halogenated alkanes) is 1. The molecule has 1 saturated carbocycles. The molecular formula is C14H23N3O2. The van der Waals surface area contributed by atoms with Gasteiger partial charge in [-0.25, -0.2) is 0 Å². The fourth-order valence-corrected chi connectivity index (χ4v) is 2.26. The van der Waals surface area contributed by atoms with Crippen LogP contribution in [0.3, 0.4) is 0 Å². The van der Waals surface area contributed by atoms with Gasteiger partial charge in [0.2, 0.25) is 0 Å². The molecule has 1 aliphatic carbocycles. The van der Waals surface area contributed by atoms with Crippen molar-refractivity contribution in [2.45, 2.75) is 64.1 Å². The van der Waals surface area contributed by atoms with Crippen LogP contribution in [0, 0.1) is 6.92 Å². The lowest BCUT2D eigenvalue weighted by Gasteiger charge is -2.26. The highest BCUT2D eigenvalue weighted by molar-refractivity contribution is 5.78. The lowest BCUT2D eigenvalue weighted by Crippen LogP contribution is -2.50. The molecule has 0 aliphatic heterocycles. The van der Waals surface area contributed by atoms with Crippen molar-refractivity contribution < 1.29 is 9.90 Å². The topological polar surface area (TPSA) is 67.2 Å². The lowest BCUT2D eigenvalue weighted by molar-refractivity contribution is -0.144. The van der Waals surface area contributed by atoms with E-state index in [0.29, 0.717) is 12.5 Å². The maximum atomic E-state index is 11.4. The third-order valence-corrected chi connectivity index (χ3v) is 3.66. The predicted octanol–water partition coefficient (Wildman–Crippen LogP) is 1.96. The third kappa shape index (κ3) is 4.06. The molecule has 1 aromatic heterocycles. The molecule has 5 nitrogen and oxygen atoms in total. The molecule has 1 atom stereocenters. The summed E-state index contributed by atoms with van der Waals surface area (Å²) in [6.45, 7) is 4.62. The minimum absolute atomic E-state index is 0.412. The molecule has 106 valence electrons. The lowest BCUT2D eigenvalue weighted by atomic mass is 9.94. The van der Waals surface area contributed by atoms with Crippen molar-refractivity contribution in [3.05, 3.63) is 18.0 Å². The molecule has 1 aliphatic rings. The number of hydrogen-bond donors (Lipinski definition) is 2. The largest absolute Gasteiger partial charge is 0.480 e. The van der Waals surface area contributed by atoms with Gasteiger partial charge in [-0.2, -0.15) is 5.10 Å². The van der Waals surface area contributed by atoms with Gasteiger partial charge < -0.3 is 5.11 Å². The molecule has 0 saturated heterocycles. The Hall–Kier alpha value is -1.36. The Morgan fingerprint density at radius 1 is 1.58 bits per heavy atom. The Bertz CT molecular complexity index is 440. The Labute approximate surface area is 114 Å². The van der Waals surface area contributed by atoms with Gasteiger partial charge in [-0.3, -0.25) is 14.8 Å². The molecule has 1 unspecified atom stereocenters. The summed E-state index contributed by atoms with van der Waals surface area (Å²) in [6.07, 6.45) is 6.69. The molecule has 0 spiro atoms. The van der Waals surface area contributed by atoms with Gasteiger partial charge in [0.1, 0.15) is 5.54 Å². The predicted molar refractivity (Wildman–Crippen MR) is 73.0 cm³/mol. The highest BCUT2D eigenvalue weighted by Crippen LogP contribution is 2.25. The van der Waals surface area contributed by atoms with Crippen LogP contribution in [0.1, 0.15) is 44.7 Å². The van der Waals surface area contributed by atoms with E-state index in [1.807, 2.05) is 23.9 Å². The van der Waals surface area contributed by atoms with E-state index in [-0.39, 0.29) is 0 Å². The van der Waals surface area contributed by atoms with Crippen molar-refractivity contribution in [2.75, 3.05) is 0 Å². The fraction of sp³-hybridized carbons (Fsp3) is 0.714. The zero-order valence-electron chi connectivity index (χ0n) is 11.7. The number of nitrogens with zero attached hydrogens (tertiary/aromatic N) is 2. The van der Waals surface area contributed by atoms with E-state index in [9.17, 15) is 9.90 Å². The summed E-state index contributed by atoms with van der Waals surface area (Å²) in [5.41, 5.74) is 0.243. The molecule has 0 amide bonds. The molecule has 19 heavy (non-hydrogen) atoms. The molecular weight excluding hydrogens is 242 g/mol. The van der Waals surface area contributed by atoms with E-state index in [0.717, 1.165) is 37.9 Å². The number of aromatic nitrogens is 2. The van der Waals surface area contributed by atoms with E-state index in [1.54, 1.807) is 6.92 Å². The quantitative estimate of drug-likeness (QED) is 0.705. The average molecular weight is 265 g/mol. The fourth-order valence-electron chi connectivity index (χ4n) is 2.26. The number of hydrogen-bond acceptors (Lipinski definition) is 3. The van der Waals surface area contributed by atoms with Gasteiger partial charge in [0.05, 0.1) is 5.69 Å². The first-order chi connectivity index (χ1) is 8.99. The van der Waals surface area contributed by atoms with Crippen LogP contribution in [0.15, 0.2) is 12.3 Å². The Morgan fingerprint density at radius 3 is 2.84 bits per heavy atom. The number of rotatable bonds is 8. The summed E-state index contributed by atoms with van der Waals surface area (Å²) >= 11 is 0. The van der Waals surface area contributed by atoms with Crippen LogP contribution in [0.4, 0.5) is 0 Å². The summed E-state index contributed by atoms with van der Waals surface area (Å²) < 4.78 is 1.92. The summed E-state index contributed by atoms with van der Waals surface area (Å²) in [7, 11) is 0. The highest BCUT2D eigenvalue weighted by Gasteiger charge is 2.37. The van der Waals surface area contributed by atoms with Gasteiger partial charge in [-0.05, 0) is 52.0 Å². The molecule has 1 aromatic rings. The number of aliphatic carboxylic acids is 1. The number of carboxylic acids is 1. The van der Waals surface area contributed by atoms with Crippen LogP contribution in [-0.2, 0) is 11.3 Å². The summed E-state index contributed by atoms with van der Waals surface area (Å²) in [6, 6.07) is 2.39. The van der Waals surface area contributed by atoms with Crippen molar-refractivity contribution in [1.82, 2.24) is 15.1 Å². The number of aryl methyl sites for hydroxylation is 2. The van der Waals surface area contributed by atoms with Gasteiger partial charge in [0, 0.05) is 18.8 Å². The molecule has 1 fully saturated rings. The molecule has 0 aromatic carbocycles. The van der Waals surface area contributed by atoms with Crippen molar-refractivity contribution in [1.29, 1.82) is 0 Å². The first-order valence-corrected chi connectivity index (χ1v) is 7.01. The van der Waals surface area contributed by atoms with Crippen LogP contribution < -0.4 is 5.32 Å². The van der Waals surface area contributed by atoms with E-state index in [2.05, 4.69) is 10.4 Å². The van der Waals surface area contributed by atoms with Crippen LogP contribution in [-0.4, -0.2) is 32.4 Å². The minimum Gasteiger partial charge on any atom is -0.480 e. The zero-order chi connectivity index (χ0) is 13.9. The maximum Gasteiger partial charge on any atom is 0.323 e. The van der Waals surface area contributed by atoms with Gasteiger partial charge in [-0.15, -0.1) is 0 Å². The van der Waals surface area contributed by atoms with Gasteiger partial charge in [-0.1, -0.05) is 0 Å². The monoisotopic (exact) mass is 265 g/mol. The highest BCUT2D eigenvalue weighted by atomic mass is 16.4. The van der Waals surface area contributed by atoms with Gasteiger partial charge in [0.15, 0.2) is 0 Å². The van der Waals surface area contributed by atoms with Crippen LogP contribution in [0.25, 0.3) is 0 Å². The second-order valence-corrected chi connectivity index (χ2v) is 5.73. The summed E-state index contributed by atoms with van der Waals surface area (Å²) in [4.78, 5) is 11.4. The SMILES string of the molecule is Cc1ccn(CCCCC(C)(NC2CC2)C(=O)O)n1. The Balaban J connectivity index is 1.74. The smallest absolute Gasteiger partial charge is 0.323 e. The van der Waals surface area contributed by atoms with Crippen LogP contribution in [0.2, 0.25) is 0 Å². The third-order valence-electron chi connectivity index (χ3n) is 3.66. The second kappa shape index (κ2) is 5.74. The molecule has 5 heteroatoms. The molecule has 2 N–H and O–H groups in total. The van der Waals surface area contributed by atoms with Gasteiger partial charge >= 0.3 is 5.97 Å². The van der Waals surface area contributed by atoms with E-state index in [4.69, 9.17) is 0 Å². The van der Waals surface area contributed by atoms with E-state index < -0.39 is 11.5 Å². The molecule has 0 bridgehead atoms. The first kappa shape index (κ1) is 14.1. The minimum atomic E-state index is -0.777. The molecule has 1 heterocycles. The van der Waals surface area contributed by atoms with Crippen molar-refractivity contribution >= 4 is 5.97 Å². The normalized spacial score (nSPS) is 18.2. The molecule has 0 radical (unpaired) electrons. The summed E-state index contributed by atoms with van der Waals surface area (Å²) in [5.74, 6) is -0.741. The van der Waals surface area contributed by atoms with E-state index >= 15 is 0 Å². The Morgan fingerprint density at radius 2 is 2.32 bits per heavy atom. The Kier molecular flexibility index (Phi) is 4.24. The van der Waals surface area contributed by atoms with Crippen LogP contribution >= 0.6 is 0 Å². The van der Waals surface area contributed by atoms with Crippen LogP contribution in [0.5, 0.6) is 0 Å². The van der Waals surface area contributed by atoms with Crippen molar-refractivity contribution in [3.8, 4) is 0 Å². The van der Waals surface area contributed by atoms with E-state index in [1.165, 1.54) is 0 Å². The maximum absolute atomic E-state index is 11.4. The second-order valence-electron chi connectivity index (χ2n) is 5.73. The number of nitrogens with one attached hydrogen (secondary N) is 1. The molecule has 2 rings (SSSR count). The standard InChI is InChI=1S/C14H23N3O2/c1-11-7-10-17(16-11)9-4-3-8-14(2,13(18)19)15-12-5-6-12/h7,10,12,15H,3-6,8-9H2,1-2H3,(H,18,19). The average Bonchev–Trinajstić information content (AvgIpc) is 3.05. The first-order valence-electron chi connectivity index (χ1n) is 7.01. The number of carboxylic acid groups (broad SMARTS) is 1.